The largest absolute Gasteiger partial charge is 0.344 e. The molecule has 0 aromatic carbocycles. The van der Waals surface area contributed by atoms with Crippen molar-refractivity contribution in [2.45, 2.75) is 31.3 Å². The van der Waals surface area contributed by atoms with E-state index in [0.29, 0.717) is 6.04 Å². The second kappa shape index (κ2) is 5.15. The number of rotatable bonds is 3. The Labute approximate surface area is 100.0 Å². The van der Waals surface area contributed by atoms with Gasteiger partial charge < -0.3 is 10.6 Å². The molecule has 1 heterocycles. The lowest BCUT2D eigenvalue weighted by molar-refractivity contribution is -0.139. The first kappa shape index (κ1) is 11.9. The summed E-state index contributed by atoms with van der Waals surface area (Å²) in [6.07, 6.45) is 3.40. The molecule has 1 atom stereocenters. The Morgan fingerprint density at radius 3 is 2.71 bits per heavy atom. The van der Waals surface area contributed by atoms with Gasteiger partial charge in [0, 0.05) is 25.2 Å². The zero-order chi connectivity index (χ0) is 12.3. The Morgan fingerprint density at radius 1 is 1.29 bits per heavy atom. The number of nitriles is 1. The summed E-state index contributed by atoms with van der Waals surface area (Å²) in [4.78, 5) is 25.0. The molecule has 1 saturated carbocycles. The van der Waals surface area contributed by atoms with E-state index in [1.54, 1.807) is 6.07 Å². The molecule has 0 aromatic heterocycles. The van der Waals surface area contributed by atoms with Gasteiger partial charge in [-0.15, -0.1) is 0 Å². The Kier molecular flexibility index (Phi) is 3.59. The van der Waals surface area contributed by atoms with E-state index in [1.807, 2.05) is 0 Å². The molecule has 0 radical (unpaired) electrons. The third-order valence-electron chi connectivity index (χ3n) is 3.15. The number of amides is 2. The predicted molar refractivity (Wildman–Crippen MR) is 59.8 cm³/mol. The molecule has 6 heteroatoms. The van der Waals surface area contributed by atoms with Crippen molar-refractivity contribution < 1.29 is 9.59 Å². The molecule has 1 aliphatic heterocycles. The third-order valence-corrected chi connectivity index (χ3v) is 3.15. The number of hydrogen-bond donors (Lipinski definition) is 2. The van der Waals surface area contributed by atoms with Crippen LogP contribution in [0, 0.1) is 11.3 Å². The molecule has 2 amide bonds. The molecule has 0 aromatic rings. The Balaban J connectivity index is 1.72. The number of nitrogens with zero attached hydrogens (tertiary/aromatic N) is 2. The van der Waals surface area contributed by atoms with Crippen LogP contribution in [0.2, 0.25) is 0 Å². The van der Waals surface area contributed by atoms with Crippen LogP contribution in [0.1, 0.15) is 19.3 Å². The van der Waals surface area contributed by atoms with E-state index in [9.17, 15) is 9.59 Å². The van der Waals surface area contributed by atoms with Crippen LogP contribution in [0.15, 0.2) is 0 Å². The summed E-state index contributed by atoms with van der Waals surface area (Å²) in [6, 6.07) is 2.52. The fourth-order valence-corrected chi connectivity index (χ4v) is 2.13. The molecule has 1 unspecified atom stereocenters. The quantitative estimate of drug-likeness (QED) is 0.485. The summed E-state index contributed by atoms with van der Waals surface area (Å²) in [5.74, 6) is -1.36. The minimum atomic E-state index is -0.726. The molecule has 92 valence electrons. The highest BCUT2D eigenvalue weighted by molar-refractivity contribution is 6.35. The summed E-state index contributed by atoms with van der Waals surface area (Å²) in [6.45, 7) is 1.70. The van der Waals surface area contributed by atoms with Gasteiger partial charge in [-0.2, -0.15) is 5.26 Å². The van der Waals surface area contributed by atoms with Crippen molar-refractivity contribution in [3.8, 4) is 6.07 Å². The van der Waals surface area contributed by atoms with Crippen LogP contribution in [0.5, 0.6) is 0 Å². The first-order valence-corrected chi connectivity index (χ1v) is 5.90. The van der Waals surface area contributed by atoms with E-state index in [0.717, 1.165) is 19.5 Å². The summed E-state index contributed by atoms with van der Waals surface area (Å²) >= 11 is 0. The maximum atomic E-state index is 11.4. The lowest BCUT2D eigenvalue weighted by Crippen LogP contribution is -2.45. The summed E-state index contributed by atoms with van der Waals surface area (Å²) in [7, 11) is 0. The van der Waals surface area contributed by atoms with Crippen LogP contribution in [0.3, 0.4) is 0 Å². The Morgan fingerprint density at radius 2 is 2.06 bits per heavy atom. The molecule has 1 saturated heterocycles. The van der Waals surface area contributed by atoms with Crippen molar-refractivity contribution in [1.82, 2.24) is 15.5 Å². The van der Waals surface area contributed by atoms with Crippen molar-refractivity contribution >= 4 is 11.8 Å². The molecule has 0 bridgehead atoms. The molecule has 1 aliphatic carbocycles. The van der Waals surface area contributed by atoms with Crippen molar-refractivity contribution in [2.24, 2.45) is 0 Å². The van der Waals surface area contributed by atoms with Crippen molar-refractivity contribution in [3.05, 3.63) is 0 Å². The lowest BCUT2D eigenvalue weighted by Gasteiger charge is -2.15. The molecule has 2 N–H and O–H groups in total. The van der Waals surface area contributed by atoms with Gasteiger partial charge >= 0.3 is 11.8 Å². The minimum Gasteiger partial charge on any atom is -0.344 e. The average Bonchev–Trinajstić information content (AvgIpc) is 3.07. The number of likely N-dealkylation sites (tertiary alicyclic amines) is 1. The highest BCUT2D eigenvalue weighted by atomic mass is 16.2. The van der Waals surface area contributed by atoms with Crippen LogP contribution in [-0.4, -0.2) is 48.4 Å². The minimum absolute atomic E-state index is 0.0657. The standard InChI is InChI=1S/C11H16N4O2/c12-4-5-13-10(16)11(17)14-8-3-6-15(7-8)9-1-2-9/h8-9H,1-3,5-7H2,(H,13,16)(H,14,17). The van der Waals surface area contributed by atoms with Gasteiger partial charge in [-0.05, 0) is 19.3 Å². The molecule has 2 fully saturated rings. The van der Waals surface area contributed by atoms with Crippen molar-refractivity contribution in [3.63, 3.8) is 0 Å². The number of carbonyl (C=O) groups excluding carboxylic acids is 2. The van der Waals surface area contributed by atoms with E-state index >= 15 is 0 Å². The third kappa shape index (κ3) is 3.17. The number of hydrogen-bond acceptors (Lipinski definition) is 4. The fourth-order valence-electron chi connectivity index (χ4n) is 2.13. The smallest absolute Gasteiger partial charge is 0.310 e. The monoisotopic (exact) mass is 236 g/mol. The van der Waals surface area contributed by atoms with Gasteiger partial charge in [0.2, 0.25) is 0 Å². The summed E-state index contributed by atoms with van der Waals surface area (Å²) in [5, 5.41) is 13.2. The molecule has 2 aliphatic rings. The highest BCUT2D eigenvalue weighted by Gasteiger charge is 2.35. The van der Waals surface area contributed by atoms with Crippen LogP contribution < -0.4 is 10.6 Å². The van der Waals surface area contributed by atoms with E-state index in [2.05, 4.69) is 15.5 Å². The van der Waals surface area contributed by atoms with Crippen molar-refractivity contribution in [1.29, 1.82) is 5.26 Å². The normalized spacial score (nSPS) is 24.1. The fraction of sp³-hybridized carbons (Fsp3) is 0.727. The van der Waals surface area contributed by atoms with E-state index < -0.39 is 11.8 Å². The van der Waals surface area contributed by atoms with Gasteiger partial charge in [-0.1, -0.05) is 0 Å². The SMILES string of the molecule is N#CCNC(=O)C(=O)NC1CCN(C2CC2)C1. The van der Waals surface area contributed by atoms with E-state index in [4.69, 9.17) is 5.26 Å². The summed E-state index contributed by atoms with van der Waals surface area (Å²) in [5.41, 5.74) is 0. The highest BCUT2D eigenvalue weighted by Crippen LogP contribution is 2.29. The maximum Gasteiger partial charge on any atom is 0.310 e. The Bertz CT molecular complexity index is 359. The summed E-state index contributed by atoms with van der Waals surface area (Å²) < 4.78 is 0. The maximum absolute atomic E-state index is 11.4. The predicted octanol–water partition coefficient (Wildman–Crippen LogP) is -1.02. The molecule has 0 spiro atoms. The second-order valence-electron chi connectivity index (χ2n) is 4.53. The van der Waals surface area contributed by atoms with Gasteiger partial charge in [0.05, 0.1) is 6.07 Å². The van der Waals surface area contributed by atoms with Crippen LogP contribution in [-0.2, 0) is 9.59 Å². The van der Waals surface area contributed by atoms with Gasteiger partial charge in [-0.25, -0.2) is 0 Å². The molecule has 6 nitrogen and oxygen atoms in total. The van der Waals surface area contributed by atoms with E-state index in [1.165, 1.54) is 12.8 Å². The molecular formula is C11H16N4O2. The Hall–Kier alpha value is -1.61. The first-order valence-electron chi connectivity index (χ1n) is 5.90. The van der Waals surface area contributed by atoms with Crippen LogP contribution >= 0.6 is 0 Å². The lowest BCUT2D eigenvalue weighted by atomic mass is 10.2. The molecular weight excluding hydrogens is 220 g/mol. The first-order chi connectivity index (χ1) is 8.20. The second-order valence-corrected chi connectivity index (χ2v) is 4.53. The number of nitrogens with one attached hydrogen (secondary N) is 2. The average molecular weight is 236 g/mol. The van der Waals surface area contributed by atoms with Crippen LogP contribution in [0.4, 0.5) is 0 Å². The van der Waals surface area contributed by atoms with Crippen LogP contribution in [0.25, 0.3) is 0 Å². The molecule has 2 rings (SSSR count). The van der Waals surface area contributed by atoms with Gasteiger partial charge in [-0.3, -0.25) is 14.5 Å². The van der Waals surface area contributed by atoms with Gasteiger partial charge in [0.25, 0.3) is 0 Å². The van der Waals surface area contributed by atoms with E-state index in [-0.39, 0.29) is 12.6 Å². The topological polar surface area (TPSA) is 85.2 Å². The van der Waals surface area contributed by atoms with Gasteiger partial charge in [0.15, 0.2) is 0 Å². The number of carbonyl (C=O) groups is 2. The van der Waals surface area contributed by atoms with Crippen molar-refractivity contribution in [2.75, 3.05) is 19.6 Å². The van der Waals surface area contributed by atoms with Gasteiger partial charge in [0.1, 0.15) is 6.54 Å². The zero-order valence-electron chi connectivity index (χ0n) is 9.61. The molecule has 17 heavy (non-hydrogen) atoms. The zero-order valence-corrected chi connectivity index (χ0v) is 9.61.